The van der Waals surface area contributed by atoms with Gasteiger partial charge in [0.05, 0.1) is 0 Å². The molecule has 0 unspecified atom stereocenters. The van der Waals surface area contributed by atoms with E-state index in [1.807, 2.05) is 0 Å². The van der Waals surface area contributed by atoms with Crippen LogP contribution in [0, 0.1) is 5.92 Å². The summed E-state index contributed by atoms with van der Waals surface area (Å²) in [6.07, 6.45) is 49.8. The van der Waals surface area contributed by atoms with E-state index >= 15 is 0 Å². The van der Waals surface area contributed by atoms with E-state index in [1.165, 1.54) is 186 Å². The molecule has 0 aromatic heterocycles. The van der Waals surface area contributed by atoms with E-state index in [9.17, 15) is 14.4 Å². The van der Waals surface area contributed by atoms with E-state index in [0.29, 0.717) is 19.3 Å². The average molecular weight is 835 g/mol. The van der Waals surface area contributed by atoms with Crippen molar-refractivity contribution in [1.82, 2.24) is 0 Å². The molecule has 0 fully saturated rings. The van der Waals surface area contributed by atoms with Crippen molar-refractivity contribution in [2.75, 3.05) is 13.2 Å². The van der Waals surface area contributed by atoms with E-state index in [2.05, 4.69) is 27.7 Å². The normalized spacial score (nSPS) is 11.9. The Morgan fingerprint density at radius 1 is 0.322 bits per heavy atom. The lowest BCUT2D eigenvalue weighted by Crippen LogP contribution is -2.30. The molecule has 350 valence electrons. The molecule has 0 saturated heterocycles. The van der Waals surface area contributed by atoms with E-state index in [4.69, 9.17) is 14.2 Å². The summed E-state index contributed by atoms with van der Waals surface area (Å²) in [5.74, 6) is -0.0134. The first-order valence-corrected chi connectivity index (χ1v) is 26.4. The van der Waals surface area contributed by atoms with Crippen molar-refractivity contribution in [3.05, 3.63) is 0 Å². The molecule has 59 heavy (non-hydrogen) atoms. The largest absolute Gasteiger partial charge is 0.462 e. The van der Waals surface area contributed by atoms with Gasteiger partial charge in [-0.15, -0.1) is 0 Å². The molecule has 0 aromatic carbocycles. The highest BCUT2D eigenvalue weighted by molar-refractivity contribution is 5.71. The fraction of sp³-hybridized carbons (Fsp3) is 0.943. The second kappa shape index (κ2) is 47.5. The average Bonchev–Trinajstić information content (AvgIpc) is 3.22. The van der Waals surface area contributed by atoms with E-state index in [-0.39, 0.29) is 31.1 Å². The van der Waals surface area contributed by atoms with Gasteiger partial charge in [-0.25, -0.2) is 0 Å². The van der Waals surface area contributed by atoms with Gasteiger partial charge in [-0.2, -0.15) is 0 Å². The molecule has 0 bridgehead atoms. The lowest BCUT2D eigenvalue weighted by atomic mass is 10.0. The van der Waals surface area contributed by atoms with Gasteiger partial charge in [0, 0.05) is 19.3 Å². The van der Waals surface area contributed by atoms with Gasteiger partial charge < -0.3 is 14.2 Å². The number of hydrogen-bond acceptors (Lipinski definition) is 6. The van der Waals surface area contributed by atoms with Crippen LogP contribution in [-0.2, 0) is 28.6 Å². The van der Waals surface area contributed by atoms with Crippen LogP contribution in [0.15, 0.2) is 0 Å². The third kappa shape index (κ3) is 47.3. The third-order valence-corrected chi connectivity index (χ3v) is 12.0. The number of hydrogen-bond donors (Lipinski definition) is 0. The minimum atomic E-state index is -0.759. The number of carbonyl (C=O) groups is 3. The number of ether oxygens (including phenoxy) is 3. The van der Waals surface area contributed by atoms with Crippen LogP contribution in [0.4, 0.5) is 0 Å². The van der Waals surface area contributed by atoms with Gasteiger partial charge in [-0.3, -0.25) is 14.4 Å². The Morgan fingerprint density at radius 2 is 0.559 bits per heavy atom. The van der Waals surface area contributed by atoms with Gasteiger partial charge in [0.15, 0.2) is 6.10 Å². The second-order valence-corrected chi connectivity index (χ2v) is 18.6. The summed E-state index contributed by atoms with van der Waals surface area (Å²) in [6.45, 7) is 8.96. The Balaban J connectivity index is 4.08. The molecule has 0 radical (unpaired) electrons. The highest BCUT2D eigenvalue weighted by atomic mass is 16.6. The van der Waals surface area contributed by atoms with Crippen molar-refractivity contribution >= 4 is 17.9 Å². The van der Waals surface area contributed by atoms with E-state index in [1.54, 1.807) is 0 Å². The second-order valence-electron chi connectivity index (χ2n) is 18.6. The summed E-state index contributed by atoms with van der Waals surface area (Å²) < 4.78 is 16.7. The van der Waals surface area contributed by atoms with Crippen LogP contribution in [0.25, 0.3) is 0 Å². The van der Waals surface area contributed by atoms with E-state index in [0.717, 1.165) is 70.1 Å². The first-order chi connectivity index (χ1) is 28.9. The summed E-state index contributed by atoms with van der Waals surface area (Å²) in [6, 6.07) is 0. The number of rotatable bonds is 48. The van der Waals surface area contributed by atoms with Crippen molar-refractivity contribution in [2.45, 2.75) is 303 Å². The maximum Gasteiger partial charge on any atom is 0.306 e. The predicted octanol–water partition coefficient (Wildman–Crippen LogP) is 17.1. The molecular formula is C53H102O6. The number of carbonyl (C=O) groups excluding carboxylic acids is 3. The number of esters is 3. The Hall–Kier alpha value is -1.59. The molecule has 6 nitrogen and oxygen atoms in total. The monoisotopic (exact) mass is 835 g/mol. The van der Waals surface area contributed by atoms with Crippen LogP contribution in [0.1, 0.15) is 297 Å². The molecule has 0 N–H and O–H groups in total. The molecule has 1 atom stereocenters. The summed E-state index contributed by atoms with van der Waals surface area (Å²) in [5, 5.41) is 0. The van der Waals surface area contributed by atoms with Crippen LogP contribution < -0.4 is 0 Å². The van der Waals surface area contributed by atoms with Gasteiger partial charge in [-0.05, 0) is 25.2 Å². The predicted molar refractivity (Wildman–Crippen MR) is 252 cm³/mol. The van der Waals surface area contributed by atoms with Crippen molar-refractivity contribution in [3.63, 3.8) is 0 Å². The third-order valence-electron chi connectivity index (χ3n) is 12.0. The Morgan fingerprint density at radius 3 is 0.831 bits per heavy atom. The number of unbranched alkanes of at least 4 members (excludes halogenated alkanes) is 35. The van der Waals surface area contributed by atoms with Crippen LogP contribution in [-0.4, -0.2) is 37.2 Å². The fourth-order valence-electron chi connectivity index (χ4n) is 8.04. The molecule has 0 amide bonds. The molecular weight excluding hydrogens is 733 g/mol. The minimum absolute atomic E-state index is 0.0638. The van der Waals surface area contributed by atoms with Crippen LogP contribution in [0.2, 0.25) is 0 Å². The van der Waals surface area contributed by atoms with E-state index < -0.39 is 6.10 Å². The summed E-state index contributed by atoms with van der Waals surface area (Å²) >= 11 is 0. The molecule has 6 heteroatoms. The van der Waals surface area contributed by atoms with Gasteiger partial charge in [0.1, 0.15) is 13.2 Å². The van der Waals surface area contributed by atoms with Gasteiger partial charge >= 0.3 is 17.9 Å². The molecule has 0 rings (SSSR count). The first kappa shape index (κ1) is 57.4. The van der Waals surface area contributed by atoms with Crippen molar-refractivity contribution in [3.8, 4) is 0 Å². The van der Waals surface area contributed by atoms with Crippen LogP contribution in [0.3, 0.4) is 0 Å². The Kier molecular flexibility index (Phi) is 46.2. The molecule has 0 saturated carbocycles. The lowest BCUT2D eigenvalue weighted by Gasteiger charge is -2.18. The summed E-state index contributed by atoms with van der Waals surface area (Å²) in [5.41, 5.74) is 0. The maximum absolute atomic E-state index is 12.7. The maximum atomic E-state index is 12.7. The fourth-order valence-corrected chi connectivity index (χ4v) is 8.04. The summed E-state index contributed by atoms with van der Waals surface area (Å²) in [4.78, 5) is 37.7. The molecule has 0 heterocycles. The van der Waals surface area contributed by atoms with Crippen molar-refractivity contribution in [1.29, 1.82) is 0 Å². The minimum Gasteiger partial charge on any atom is -0.462 e. The Labute approximate surface area is 368 Å². The topological polar surface area (TPSA) is 78.9 Å². The van der Waals surface area contributed by atoms with Crippen molar-refractivity contribution in [2.24, 2.45) is 5.92 Å². The highest BCUT2D eigenvalue weighted by Crippen LogP contribution is 2.17. The van der Waals surface area contributed by atoms with Crippen LogP contribution >= 0.6 is 0 Å². The zero-order valence-corrected chi connectivity index (χ0v) is 40.2. The molecule has 0 spiro atoms. The first-order valence-electron chi connectivity index (χ1n) is 26.4. The Bertz CT molecular complexity index is 887. The quantitative estimate of drug-likeness (QED) is 0.0345. The van der Waals surface area contributed by atoms with Crippen LogP contribution in [0.5, 0.6) is 0 Å². The van der Waals surface area contributed by atoms with Gasteiger partial charge in [-0.1, -0.05) is 259 Å². The molecule has 0 aliphatic rings. The summed E-state index contributed by atoms with van der Waals surface area (Å²) in [7, 11) is 0. The standard InChI is InChI=1S/C53H102O6/c1-5-7-9-11-12-13-14-15-16-17-18-19-20-25-28-31-34-38-42-46-53(56)59-50(47-57-51(54)44-40-35-10-8-6-2)48-58-52(55)45-41-37-33-30-27-24-22-21-23-26-29-32-36-39-43-49(3)4/h49-50H,5-48H2,1-4H3/t50-/m1/s1. The molecule has 0 aliphatic heterocycles. The lowest BCUT2D eigenvalue weighted by molar-refractivity contribution is -0.167. The van der Waals surface area contributed by atoms with Gasteiger partial charge in [0.25, 0.3) is 0 Å². The highest BCUT2D eigenvalue weighted by Gasteiger charge is 2.19. The molecule has 0 aliphatic carbocycles. The SMILES string of the molecule is CCCCCCCCCCCCCCCCCCCCCC(=O)O[C@H](COC(=O)CCCCCCC)COC(=O)CCCCCCCCCCCCCCCCC(C)C. The zero-order valence-electron chi connectivity index (χ0n) is 40.2. The van der Waals surface area contributed by atoms with Gasteiger partial charge in [0.2, 0.25) is 0 Å². The zero-order chi connectivity index (χ0) is 43.1. The molecule has 0 aromatic rings. The van der Waals surface area contributed by atoms with Crippen molar-refractivity contribution < 1.29 is 28.6 Å². The smallest absolute Gasteiger partial charge is 0.306 e.